The highest BCUT2D eigenvalue weighted by Crippen LogP contribution is 2.41. The smallest absolute Gasteiger partial charge is 0.161 e. The molecule has 0 amide bonds. The zero-order chi connectivity index (χ0) is 15.2. The van der Waals surface area contributed by atoms with Crippen LogP contribution in [0.5, 0.6) is 11.5 Å². The molecule has 0 saturated heterocycles. The van der Waals surface area contributed by atoms with Crippen LogP contribution in [0.25, 0.3) is 0 Å². The van der Waals surface area contributed by atoms with Crippen molar-refractivity contribution >= 4 is 0 Å². The quantitative estimate of drug-likeness (QED) is 0.530. The summed E-state index contributed by atoms with van der Waals surface area (Å²) in [5, 5.41) is 0. The first kappa shape index (κ1) is 16.8. The summed E-state index contributed by atoms with van der Waals surface area (Å²) in [6, 6.07) is 5.82. The molecule has 1 rings (SSSR count). The molecule has 0 aliphatic rings. The SMILES string of the molecule is CCOOC(c1ccc(OC)c(OC)c1)C(C)(C)CC. The van der Waals surface area contributed by atoms with E-state index in [2.05, 4.69) is 20.8 Å². The molecule has 4 nitrogen and oxygen atoms in total. The third kappa shape index (κ3) is 3.87. The molecule has 1 atom stereocenters. The van der Waals surface area contributed by atoms with Crippen LogP contribution >= 0.6 is 0 Å². The normalized spacial score (nSPS) is 13.1. The molecule has 0 heterocycles. The minimum Gasteiger partial charge on any atom is -0.493 e. The van der Waals surface area contributed by atoms with Gasteiger partial charge in [0.05, 0.1) is 20.8 Å². The number of ether oxygens (including phenoxy) is 2. The van der Waals surface area contributed by atoms with Gasteiger partial charge in [-0.1, -0.05) is 26.8 Å². The molecular weight excluding hydrogens is 256 g/mol. The van der Waals surface area contributed by atoms with Crippen LogP contribution in [0.3, 0.4) is 0 Å². The van der Waals surface area contributed by atoms with Crippen LogP contribution in [-0.2, 0) is 9.78 Å². The fourth-order valence-electron chi connectivity index (χ4n) is 1.97. The molecule has 4 heteroatoms. The lowest BCUT2D eigenvalue weighted by molar-refractivity contribution is -0.343. The Hall–Kier alpha value is -1.26. The largest absolute Gasteiger partial charge is 0.493 e. The van der Waals surface area contributed by atoms with Gasteiger partial charge in [0.2, 0.25) is 0 Å². The summed E-state index contributed by atoms with van der Waals surface area (Å²) >= 11 is 0. The van der Waals surface area contributed by atoms with Gasteiger partial charge in [0.25, 0.3) is 0 Å². The van der Waals surface area contributed by atoms with E-state index in [0.717, 1.165) is 12.0 Å². The molecule has 0 aliphatic heterocycles. The van der Waals surface area contributed by atoms with Gasteiger partial charge in [-0.2, -0.15) is 0 Å². The van der Waals surface area contributed by atoms with E-state index in [9.17, 15) is 0 Å². The van der Waals surface area contributed by atoms with E-state index in [1.807, 2.05) is 25.1 Å². The van der Waals surface area contributed by atoms with Crippen LogP contribution in [0.4, 0.5) is 0 Å². The highest BCUT2D eigenvalue weighted by atomic mass is 17.2. The number of rotatable bonds is 8. The van der Waals surface area contributed by atoms with Crippen molar-refractivity contribution in [3.63, 3.8) is 0 Å². The van der Waals surface area contributed by atoms with Crippen LogP contribution in [0.15, 0.2) is 18.2 Å². The second-order valence-electron chi connectivity index (χ2n) is 5.34. The second-order valence-corrected chi connectivity index (χ2v) is 5.34. The van der Waals surface area contributed by atoms with E-state index >= 15 is 0 Å². The van der Waals surface area contributed by atoms with Gasteiger partial charge >= 0.3 is 0 Å². The average molecular weight is 282 g/mol. The van der Waals surface area contributed by atoms with Crippen molar-refractivity contribution in [2.75, 3.05) is 20.8 Å². The maximum atomic E-state index is 5.61. The lowest BCUT2D eigenvalue weighted by Crippen LogP contribution is -2.24. The number of methoxy groups -OCH3 is 2. The zero-order valence-corrected chi connectivity index (χ0v) is 13.4. The first-order chi connectivity index (χ1) is 9.50. The van der Waals surface area contributed by atoms with Crippen LogP contribution in [0, 0.1) is 5.41 Å². The van der Waals surface area contributed by atoms with Crippen molar-refractivity contribution < 1.29 is 19.2 Å². The van der Waals surface area contributed by atoms with Crippen LogP contribution < -0.4 is 9.47 Å². The number of hydrogen-bond acceptors (Lipinski definition) is 4. The van der Waals surface area contributed by atoms with Crippen LogP contribution in [-0.4, -0.2) is 20.8 Å². The topological polar surface area (TPSA) is 36.9 Å². The molecule has 20 heavy (non-hydrogen) atoms. The first-order valence-electron chi connectivity index (χ1n) is 7.00. The molecule has 0 aliphatic carbocycles. The van der Waals surface area contributed by atoms with E-state index in [4.69, 9.17) is 19.2 Å². The maximum absolute atomic E-state index is 5.61. The minimum absolute atomic E-state index is 0.0469. The van der Waals surface area contributed by atoms with Crippen molar-refractivity contribution in [1.29, 1.82) is 0 Å². The lowest BCUT2D eigenvalue weighted by Gasteiger charge is -2.32. The van der Waals surface area contributed by atoms with Gasteiger partial charge in [-0.15, -0.1) is 0 Å². The van der Waals surface area contributed by atoms with Crippen molar-refractivity contribution in [3.05, 3.63) is 23.8 Å². The highest BCUT2D eigenvalue weighted by Gasteiger charge is 2.32. The molecule has 0 bridgehead atoms. The highest BCUT2D eigenvalue weighted by molar-refractivity contribution is 5.43. The van der Waals surface area contributed by atoms with Gasteiger partial charge in [0.15, 0.2) is 11.5 Å². The molecule has 1 aromatic rings. The summed E-state index contributed by atoms with van der Waals surface area (Å²) < 4.78 is 10.6. The summed E-state index contributed by atoms with van der Waals surface area (Å²) in [7, 11) is 3.26. The van der Waals surface area contributed by atoms with E-state index in [0.29, 0.717) is 18.1 Å². The third-order valence-electron chi connectivity index (χ3n) is 3.61. The van der Waals surface area contributed by atoms with Gasteiger partial charge in [0.1, 0.15) is 6.10 Å². The molecule has 0 saturated carbocycles. The molecule has 114 valence electrons. The standard InChI is InChI=1S/C16H26O4/c1-7-16(3,4)15(20-19-8-2)12-9-10-13(17-5)14(11-12)18-6/h9-11,15H,7-8H2,1-6H3. The fraction of sp³-hybridized carbons (Fsp3) is 0.625. The molecule has 1 unspecified atom stereocenters. The lowest BCUT2D eigenvalue weighted by atomic mass is 9.80. The van der Waals surface area contributed by atoms with E-state index < -0.39 is 0 Å². The predicted molar refractivity (Wildman–Crippen MR) is 79.1 cm³/mol. The fourth-order valence-corrected chi connectivity index (χ4v) is 1.97. The minimum atomic E-state index is -0.160. The van der Waals surface area contributed by atoms with Crippen molar-refractivity contribution in [2.45, 2.75) is 40.2 Å². The first-order valence-corrected chi connectivity index (χ1v) is 7.00. The Kier molecular flexibility index (Phi) is 6.30. The Labute approximate surface area is 121 Å². The van der Waals surface area contributed by atoms with Crippen molar-refractivity contribution in [3.8, 4) is 11.5 Å². The number of benzene rings is 1. The molecular formula is C16H26O4. The third-order valence-corrected chi connectivity index (χ3v) is 3.61. The molecule has 0 N–H and O–H groups in total. The van der Waals surface area contributed by atoms with Crippen LogP contribution in [0.2, 0.25) is 0 Å². The Morgan fingerprint density at radius 1 is 1.05 bits per heavy atom. The molecule has 0 aromatic heterocycles. The predicted octanol–water partition coefficient (Wildman–Crippen LogP) is 4.15. The Morgan fingerprint density at radius 2 is 1.70 bits per heavy atom. The summed E-state index contributed by atoms with van der Waals surface area (Å²) in [5.74, 6) is 1.41. The average Bonchev–Trinajstić information content (AvgIpc) is 2.47. The van der Waals surface area contributed by atoms with Gasteiger partial charge < -0.3 is 9.47 Å². The van der Waals surface area contributed by atoms with Gasteiger partial charge in [-0.3, -0.25) is 0 Å². The number of hydrogen-bond donors (Lipinski definition) is 0. The van der Waals surface area contributed by atoms with Gasteiger partial charge in [-0.05, 0) is 36.5 Å². The van der Waals surface area contributed by atoms with Gasteiger partial charge in [0, 0.05) is 0 Å². The van der Waals surface area contributed by atoms with E-state index in [1.54, 1.807) is 14.2 Å². The Bertz CT molecular complexity index is 415. The van der Waals surface area contributed by atoms with Gasteiger partial charge in [-0.25, -0.2) is 9.78 Å². The van der Waals surface area contributed by atoms with Crippen LogP contribution in [0.1, 0.15) is 45.8 Å². The monoisotopic (exact) mass is 282 g/mol. The maximum Gasteiger partial charge on any atom is 0.161 e. The Balaban J connectivity index is 3.13. The summed E-state index contributed by atoms with van der Waals surface area (Å²) in [6.45, 7) is 8.89. The zero-order valence-electron chi connectivity index (χ0n) is 13.4. The summed E-state index contributed by atoms with van der Waals surface area (Å²) in [6.07, 6.45) is 0.811. The molecule has 0 radical (unpaired) electrons. The molecule has 0 spiro atoms. The second kappa shape index (κ2) is 7.50. The van der Waals surface area contributed by atoms with Crippen molar-refractivity contribution in [2.24, 2.45) is 5.41 Å². The summed E-state index contributed by atoms with van der Waals surface area (Å²) in [4.78, 5) is 10.8. The molecule has 1 aromatic carbocycles. The summed E-state index contributed by atoms with van der Waals surface area (Å²) in [5.41, 5.74) is 0.970. The van der Waals surface area contributed by atoms with Crippen molar-refractivity contribution in [1.82, 2.24) is 0 Å². The molecule has 0 fully saturated rings. The van der Waals surface area contributed by atoms with E-state index in [1.165, 1.54) is 0 Å². The Morgan fingerprint density at radius 3 is 2.20 bits per heavy atom. The van der Waals surface area contributed by atoms with E-state index in [-0.39, 0.29) is 11.5 Å².